The molecule has 0 fully saturated rings. The zero-order valence-corrected chi connectivity index (χ0v) is 14.0. The monoisotopic (exact) mass is 277 g/mol. The molecule has 0 unspecified atom stereocenters. The molecule has 114 valence electrons. The number of hydrogen-bond donors (Lipinski definition) is 1. The summed E-state index contributed by atoms with van der Waals surface area (Å²) in [4.78, 5) is 7.08. The van der Waals surface area contributed by atoms with Crippen molar-refractivity contribution in [1.29, 1.82) is 0 Å². The molecule has 0 amide bonds. The molecule has 0 saturated heterocycles. The largest absolute Gasteiger partial charge is 0.357 e. The van der Waals surface area contributed by atoms with E-state index in [9.17, 15) is 0 Å². The summed E-state index contributed by atoms with van der Waals surface area (Å²) in [6.07, 6.45) is 2.32. The molecule has 0 atom stereocenters. The lowest BCUT2D eigenvalue weighted by Crippen LogP contribution is -2.31. The number of hydrogen-bond acceptors (Lipinski definition) is 3. The molecular formula is C17H31N3. The van der Waals surface area contributed by atoms with Gasteiger partial charge in [0.2, 0.25) is 0 Å². The van der Waals surface area contributed by atoms with Crippen molar-refractivity contribution in [3.8, 4) is 0 Å². The first-order valence-electron chi connectivity index (χ1n) is 7.89. The standard InChI is InChI=1S/C17H31N3/c1-7-16(8-2)20(6)17-10-9-15(14(5)19-17)12-18-11-13(3)4/h9-10,13,16,18H,7-8,11-12H2,1-6H3. The Bertz CT molecular complexity index is 397. The average Bonchev–Trinajstić information content (AvgIpc) is 2.41. The van der Waals surface area contributed by atoms with Crippen LogP contribution in [-0.2, 0) is 6.54 Å². The van der Waals surface area contributed by atoms with Crippen molar-refractivity contribution in [1.82, 2.24) is 10.3 Å². The Morgan fingerprint density at radius 1 is 1.20 bits per heavy atom. The molecule has 0 spiro atoms. The number of anilines is 1. The molecule has 0 bridgehead atoms. The van der Waals surface area contributed by atoms with Crippen molar-refractivity contribution >= 4 is 5.82 Å². The van der Waals surface area contributed by atoms with Crippen molar-refractivity contribution in [2.24, 2.45) is 5.92 Å². The first kappa shape index (κ1) is 17.0. The second kappa shape index (κ2) is 8.25. The molecule has 0 aliphatic heterocycles. The molecule has 0 aromatic carbocycles. The molecule has 1 rings (SSSR count). The number of aromatic nitrogens is 1. The molecule has 1 heterocycles. The second-order valence-corrected chi connectivity index (χ2v) is 6.02. The fraction of sp³-hybridized carbons (Fsp3) is 0.706. The van der Waals surface area contributed by atoms with Crippen LogP contribution in [0.25, 0.3) is 0 Å². The number of pyridine rings is 1. The average molecular weight is 277 g/mol. The van der Waals surface area contributed by atoms with Crippen molar-refractivity contribution < 1.29 is 0 Å². The Morgan fingerprint density at radius 2 is 1.85 bits per heavy atom. The van der Waals surface area contributed by atoms with E-state index < -0.39 is 0 Å². The van der Waals surface area contributed by atoms with Gasteiger partial charge < -0.3 is 10.2 Å². The number of nitrogens with zero attached hydrogens (tertiary/aromatic N) is 2. The number of rotatable bonds is 8. The van der Waals surface area contributed by atoms with Crippen LogP contribution in [0.3, 0.4) is 0 Å². The summed E-state index contributed by atoms with van der Waals surface area (Å²) in [6.45, 7) is 13.0. The molecule has 0 saturated carbocycles. The highest BCUT2D eigenvalue weighted by atomic mass is 15.2. The van der Waals surface area contributed by atoms with Crippen LogP contribution < -0.4 is 10.2 Å². The molecule has 3 nitrogen and oxygen atoms in total. The summed E-state index contributed by atoms with van der Waals surface area (Å²) in [5, 5.41) is 3.48. The van der Waals surface area contributed by atoms with Gasteiger partial charge in [0.15, 0.2) is 0 Å². The van der Waals surface area contributed by atoms with Crippen LogP contribution in [0.15, 0.2) is 12.1 Å². The highest BCUT2D eigenvalue weighted by Gasteiger charge is 2.13. The summed E-state index contributed by atoms with van der Waals surface area (Å²) in [5.41, 5.74) is 2.43. The molecular weight excluding hydrogens is 246 g/mol. The van der Waals surface area contributed by atoms with Gasteiger partial charge >= 0.3 is 0 Å². The Morgan fingerprint density at radius 3 is 2.35 bits per heavy atom. The minimum Gasteiger partial charge on any atom is -0.357 e. The predicted molar refractivity (Wildman–Crippen MR) is 88.3 cm³/mol. The van der Waals surface area contributed by atoms with Crippen LogP contribution in [0.2, 0.25) is 0 Å². The minimum absolute atomic E-state index is 0.576. The minimum atomic E-state index is 0.576. The van der Waals surface area contributed by atoms with E-state index in [0.717, 1.165) is 37.4 Å². The zero-order valence-electron chi connectivity index (χ0n) is 14.0. The molecule has 3 heteroatoms. The normalized spacial score (nSPS) is 11.4. The Labute approximate surface area is 124 Å². The van der Waals surface area contributed by atoms with Crippen LogP contribution in [0.1, 0.15) is 51.8 Å². The van der Waals surface area contributed by atoms with Crippen LogP contribution in [0.5, 0.6) is 0 Å². The maximum Gasteiger partial charge on any atom is 0.128 e. The van der Waals surface area contributed by atoms with Gasteiger partial charge in [-0.3, -0.25) is 0 Å². The lowest BCUT2D eigenvalue weighted by molar-refractivity contribution is 0.550. The van der Waals surface area contributed by atoms with Crippen molar-refractivity contribution in [2.45, 2.75) is 60.0 Å². The summed E-state index contributed by atoms with van der Waals surface area (Å²) < 4.78 is 0. The van der Waals surface area contributed by atoms with Gasteiger partial charge in [-0.2, -0.15) is 0 Å². The van der Waals surface area contributed by atoms with E-state index in [0.29, 0.717) is 12.0 Å². The van der Waals surface area contributed by atoms with Crippen molar-refractivity contribution in [2.75, 3.05) is 18.5 Å². The van der Waals surface area contributed by atoms with Gasteiger partial charge in [0.25, 0.3) is 0 Å². The molecule has 1 aromatic rings. The SMILES string of the molecule is CCC(CC)N(C)c1ccc(CNCC(C)C)c(C)n1. The highest BCUT2D eigenvalue weighted by molar-refractivity contribution is 5.41. The van der Waals surface area contributed by atoms with Crippen LogP contribution in [-0.4, -0.2) is 24.6 Å². The third-order valence-corrected chi connectivity index (χ3v) is 3.90. The first-order valence-corrected chi connectivity index (χ1v) is 7.89. The maximum absolute atomic E-state index is 4.77. The van der Waals surface area contributed by atoms with Crippen LogP contribution >= 0.6 is 0 Å². The van der Waals surface area contributed by atoms with E-state index in [4.69, 9.17) is 4.98 Å². The van der Waals surface area contributed by atoms with E-state index in [-0.39, 0.29) is 0 Å². The highest BCUT2D eigenvalue weighted by Crippen LogP contribution is 2.18. The van der Waals surface area contributed by atoms with Gasteiger partial charge in [0.05, 0.1) is 0 Å². The van der Waals surface area contributed by atoms with Gasteiger partial charge in [-0.05, 0) is 43.9 Å². The second-order valence-electron chi connectivity index (χ2n) is 6.02. The predicted octanol–water partition coefficient (Wildman–Crippen LogP) is 3.76. The van der Waals surface area contributed by atoms with Gasteiger partial charge in [-0.1, -0.05) is 33.8 Å². The van der Waals surface area contributed by atoms with Crippen LogP contribution in [0.4, 0.5) is 5.82 Å². The first-order chi connectivity index (χ1) is 9.49. The molecule has 0 aliphatic rings. The Kier molecular flexibility index (Phi) is 7.00. The van der Waals surface area contributed by atoms with Gasteiger partial charge in [-0.25, -0.2) is 4.98 Å². The summed E-state index contributed by atoms with van der Waals surface area (Å²) in [5.74, 6) is 1.77. The fourth-order valence-corrected chi connectivity index (χ4v) is 2.48. The lowest BCUT2D eigenvalue weighted by atomic mass is 10.1. The van der Waals surface area contributed by atoms with Gasteiger partial charge in [0, 0.05) is 25.3 Å². The van der Waals surface area contributed by atoms with E-state index in [1.54, 1.807) is 0 Å². The van der Waals surface area contributed by atoms with E-state index in [1.165, 1.54) is 5.56 Å². The summed E-state index contributed by atoms with van der Waals surface area (Å²) >= 11 is 0. The topological polar surface area (TPSA) is 28.2 Å². The fourth-order valence-electron chi connectivity index (χ4n) is 2.48. The molecule has 1 aromatic heterocycles. The third kappa shape index (κ3) is 4.78. The molecule has 0 aliphatic carbocycles. The Balaban J connectivity index is 2.72. The summed E-state index contributed by atoms with van der Waals surface area (Å²) in [7, 11) is 2.15. The number of nitrogens with one attached hydrogen (secondary N) is 1. The van der Waals surface area contributed by atoms with Crippen molar-refractivity contribution in [3.05, 3.63) is 23.4 Å². The smallest absolute Gasteiger partial charge is 0.128 e. The third-order valence-electron chi connectivity index (χ3n) is 3.90. The van der Waals surface area contributed by atoms with E-state index >= 15 is 0 Å². The molecule has 1 N–H and O–H groups in total. The van der Waals surface area contributed by atoms with Crippen LogP contribution in [0, 0.1) is 12.8 Å². The van der Waals surface area contributed by atoms with Crippen molar-refractivity contribution in [3.63, 3.8) is 0 Å². The van der Waals surface area contributed by atoms with Gasteiger partial charge in [-0.15, -0.1) is 0 Å². The Hall–Kier alpha value is -1.09. The van der Waals surface area contributed by atoms with Gasteiger partial charge in [0.1, 0.15) is 5.82 Å². The summed E-state index contributed by atoms with van der Waals surface area (Å²) in [6, 6.07) is 4.94. The maximum atomic E-state index is 4.77. The quantitative estimate of drug-likeness (QED) is 0.784. The lowest BCUT2D eigenvalue weighted by Gasteiger charge is -2.28. The van der Waals surface area contributed by atoms with E-state index in [1.807, 2.05) is 0 Å². The number of aryl methyl sites for hydroxylation is 1. The molecule has 20 heavy (non-hydrogen) atoms. The van der Waals surface area contributed by atoms with E-state index in [2.05, 4.69) is 64.0 Å². The molecule has 0 radical (unpaired) electrons. The zero-order chi connectivity index (χ0) is 15.1.